The maximum atomic E-state index is 13.7. The lowest BCUT2D eigenvalue weighted by Crippen LogP contribution is -2.24. The van der Waals surface area contributed by atoms with E-state index in [9.17, 15) is 4.39 Å². The van der Waals surface area contributed by atoms with Crippen molar-refractivity contribution in [1.82, 2.24) is 0 Å². The number of ether oxygens (including phenoxy) is 1. The molecular weight excluding hydrogens is 250 g/mol. The van der Waals surface area contributed by atoms with Crippen LogP contribution in [0.2, 0.25) is 5.02 Å². The summed E-state index contributed by atoms with van der Waals surface area (Å²) in [6.45, 7) is 0.667. The monoisotopic (exact) mass is 262 g/mol. The number of rotatable bonds is 2. The third-order valence-electron chi connectivity index (χ3n) is 2.91. The number of halogens is 3. The summed E-state index contributed by atoms with van der Waals surface area (Å²) in [6.07, 6.45) is 1.74. The molecule has 0 amide bonds. The molecule has 0 N–H and O–H groups in total. The molecule has 0 aliphatic carbocycles. The van der Waals surface area contributed by atoms with E-state index in [1.807, 2.05) is 0 Å². The van der Waals surface area contributed by atoms with E-state index in [1.165, 1.54) is 6.07 Å². The van der Waals surface area contributed by atoms with E-state index in [0.717, 1.165) is 12.8 Å². The maximum Gasteiger partial charge on any atom is 0.130 e. The molecule has 1 aromatic rings. The summed E-state index contributed by atoms with van der Waals surface area (Å²) < 4.78 is 19.4. The second-order valence-electron chi connectivity index (χ2n) is 4.01. The summed E-state index contributed by atoms with van der Waals surface area (Å²) in [5, 5.41) is 0.402. The quantitative estimate of drug-likeness (QED) is 0.727. The van der Waals surface area contributed by atoms with Gasteiger partial charge in [-0.05, 0) is 25.0 Å². The molecule has 1 aliphatic rings. The van der Waals surface area contributed by atoms with E-state index >= 15 is 0 Å². The molecule has 2 atom stereocenters. The van der Waals surface area contributed by atoms with Gasteiger partial charge in [-0.3, -0.25) is 0 Å². The fourth-order valence-corrected chi connectivity index (χ4v) is 2.55. The van der Waals surface area contributed by atoms with E-state index < -0.39 is 0 Å². The Morgan fingerprint density at radius 3 is 2.94 bits per heavy atom. The Balaban J connectivity index is 2.27. The van der Waals surface area contributed by atoms with Crippen molar-refractivity contribution in [3.05, 3.63) is 34.6 Å². The molecule has 1 aromatic carbocycles. The smallest absolute Gasteiger partial charge is 0.130 e. The molecule has 16 heavy (non-hydrogen) atoms. The van der Waals surface area contributed by atoms with Gasteiger partial charge < -0.3 is 4.74 Å². The SMILES string of the molecule is Fc1cc(Cl)ccc1C1OCCCC1CCl. The van der Waals surface area contributed by atoms with Gasteiger partial charge in [-0.1, -0.05) is 17.7 Å². The van der Waals surface area contributed by atoms with Crippen LogP contribution in [-0.4, -0.2) is 12.5 Å². The van der Waals surface area contributed by atoms with Gasteiger partial charge in [-0.25, -0.2) is 4.39 Å². The summed E-state index contributed by atoms with van der Waals surface area (Å²) in [5.41, 5.74) is 0.565. The van der Waals surface area contributed by atoms with E-state index in [0.29, 0.717) is 23.1 Å². The Morgan fingerprint density at radius 1 is 1.44 bits per heavy atom. The molecule has 1 aliphatic heterocycles. The van der Waals surface area contributed by atoms with Crippen molar-refractivity contribution in [2.75, 3.05) is 12.5 Å². The van der Waals surface area contributed by atoms with Crippen molar-refractivity contribution < 1.29 is 9.13 Å². The summed E-state index contributed by atoms with van der Waals surface area (Å²) in [5.74, 6) is 0.368. The number of hydrogen-bond acceptors (Lipinski definition) is 1. The first-order chi connectivity index (χ1) is 7.72. The highest BCUT2D eigenvalue weighted by Gasteiger charge is 2.28. The molecule has 1 nitrogen and oxygen atoms in total. The van der Waals surface area contributed by atoms with Crippen LogP contribution in [0.5, 0.6) is 0 Å². The number of hydrogen-bond donors (Lipinski definition) is 0. The van der Waals surface area contributed by atoms with Crippen molar-refractivity contribution in [2.45, 2.75) is 18.9 Å². The molecule has 0 spiro atoms. The van der Waals surface area contributed by atoms with Gasteiger partial charge in [0.05, 0.1) is 6.10 Å². The number of alkyl halides is 1. The summed E-state index contributed by atoms with van der Waals surface area (Å²) >= 11 is 11.6. The van der Waals surface area contributed by atoms with E-state index in [4.69, 9.17) is 27.9 Å². The van der Waals surface area contributed by atoms with Gasteiger partial charge in [0, 0.05) is 29.0 Å². The van der Waals surface area contributed by atoms with Crippen molar-refractivity contribution in [3.8, 4) is 0 Å². The van der Waals surface area contributed by atoms with Crippen molar-refractivity contribution >= 4 is 23.2 Å². The second kappa shape index (κ2) is 5.35. The number of benzene rings is 1. The van der Waals surface area contributed by atoms with Crippen LogP contribution in [0.25, 0.3) is 0 Å². The lowest BCUT2D eigenvalue weighted by Gasteiger charge is -2.31. The Hall–Kier alpha value is -0.310. The zero-order valence-electron chi connectivity index (χ0n) is 8.76. The van der Waals surface area contributed by atoms with Gasteiger partial charge in [0.25, 0.3) is 0 Å². The van der Waals surface area contributed by atoms with Crippen LogP contribution in [0.4, 0.5) is 4.39 Å². The van der Waals surface area contributed by atoms with Gasteiger partial charge in [0.15, 0.2) is 0 Å². The zero-order valence-corrected chi connectivity index (χ0v) is 10.3. The van der Waals surface area contributed by atoms with Crippen LogP contribution >= 0.6 is 23.2 Å². The molecule has 88 valence electrons. The van der Waals surface area contributed by atoms with Gasteiger partial charge in [-0.2, -0.15) is 0 Å². The predicted octanol–water partition coefficient (Wildman–Crippen LogP) is 4.19. The Morgan fingerprint density at radius 2 is 2.25 bits per heavy atom. The first-order valence-electron chi connectivity index (χ1n) is 5.35. The molecule has 0 aromatic heterocycles. The Labute approximate surface area is 105 Å². The van der Waals surface area contributed by atoms with E-state index in [2.05, 4.69) is 0 Å². The lowest BCUT2D eigenvalue weighted by molar-refractivity contribution is -0.0227. The average molecular weight is 263 g/mol. The lowest BCUT2D eigenvalue weighted by atomic mass is 9.91. The summed E-state index contributed by atoms with van der Waals surface area (Å²) in [7, 11) is 0. The first kappa shape index (κ1) is 12.2. The van der Waals surface area contributed by atoms with Crippen LogP contribution < -0.4 is 0 Å². The minimum atomic E-state index is -0.311. The predicted molar refractivity (Wildman–Crippen MR) is 63.5 cm³/mol. The molecule has 1 fully saturated rings. The third kappa shape index (κ3) is 2.50. The largest absolute Gasteiger partial charge is 0.373 e. The minimum Gasteiger partial charge on any atom is -0.373 e. The molecule has 4 heteroatoms. The van der Waals surface area contributed by atoms with Gasteiger partial charge in [-0.15, -0.1) is 11.6 Å². The van der Waals surface area contributed by atoms with Crippen LogP contribution in [0.1, 0.15) is 24.5 Å². The highest BCUT2D eigenvalue weighted by Crippen LogP contribution is 2.36. The molecule has 1 saturated heterocycles. The molecular formula is C12H13Cl2FO. The standard InChI is InChI=1S/C12H13Cl2FO/c13-7-8-2-1-5-16-12(8)10-4-3-9(14)6-11(10)15/h3-4,6,8,12H,1-2,5,7H2. The van der Waals surface area contributed by atoms with Crippen LogP contribution in [0.3, 0.4) is 0 Å². The zero-order chi connectivity index (χ0) is 11.5. The molecule has 0 bridgehead atoms. The fraction of sp³-hybridized carbons (Fsp3) is 0.500. The normalized spacial score (nSPS) is 25.7. The van der Waals surface area contributed by atoms with Gasteiger partial charge in [0.2, 0.25) is 0 Å². The molecule has 2 rings (SSSR count). The molecule has 0 radical (unpaired) electrons. The topological polar surface area (TPSA) is 9.23 Å². The highest BCUT2D eigenvalue weighted by molar-refractivity contribution is 6.30. The summed E-state index contributed by atoms with van der Waals surface area (Å²) in [4.78, 5) is 0. The van der Waals surface area contributed by atoms with E-state index in [1.54, 1.807) is 12.1 Å². The van der Waals surface area contributed by atoms with Crippen LogP contribution in [0.15, 0.2) is 18.2 Å². The van der Waals surface area contributed by atoms with Gasteiger partial charge in [0.1, 0.15) is 5.82 Å². The minimum absolute atomic E-state index is 0.186. The molecule has 1 heterocycles. The fourth-order valence-electron chi connectivity index (χ4n) is 2.08. The third-order valence-corrected chi connectivity index (χ3v) is 3.54. The average Bonchev–Trinajstić information content (AvgIpc) is 2.29. The van der Waals surface area contributed by atoms with Crippen LogP contribution in [0, 0.1) is 11.7 Å². The highest BCUT2D eigenvalue weighted by atomic mass is 35.5. The summed E-state index contributed by atoms with van der Waals surface area (Å²) in [6, 6.07) is 4.69. The molecule has 0 saturated carbocycles. The second-order valence-corrected chi connectivity index (χ2v) is 4.76. The van der Waals surface area contributed by atoms with Crippen molar-refractivity contribution in [3.63, 3.8) is 0 Å². The van der Waals surface area contributed by atoms with E-state index in [-0.39, 0.29) is 17.8 Å². The van der Waals surface area contributed by atoms with Crippen molar-refractivity contribution in [1.29, 1.82) is 0 Å². The van der Waals surface area contributed by atoms with Crippen LogP contribution in [-0.2, 0) is 4.74 Å². The Kier molecular flexibility index (Phi) is 4.06. The maximum absolute atomic E-state index is 13.7. The molecule has 2 unspecified atom stereocenters. The Bertz CT molecular complexity index is 370. The van der Waals surface area contributed by atoms with Gasteiger partial charge >= 0.3 is 0 Å². The van der Waals surface area contributed by atoms with Crippen molar-refractivity contribution in [2.24, 2.45) is 5.92 Å². The first-order valence-corrected chi connectivity index (χ1v) is 6.26.